The molecule has 1 aliphatic rings. The van der Waals surface area contributed by atoms with Crippen molar-refractivity contribution in [3.8, 4) is 5.88 Å². The fourth-order valence-corrected chi connectivity index (χ4v) is 3.98. The number of aromatic nitrogens is 1. The summed E-state index contributed by atoms with van der Waals surface area (Å²) in [5, 5.41) is 2.44. The van der Waals surface area contributed by atoms with E-state index in [9.17, 15) is 23.6 Å². The van der Waals surface area contributed by atoms with Gasteiger partial charge in [-0.05, 0) is 30.7 Å². The summed E-state index contributed by atoms with van der Waals surface area (Å²) >= 11 is 0. The zero-order valence-corrected chi connectivity index (χ0v) is 19.9. The van der Waals surface area contributed by atoms with Crippen molar-refractivity contribution in [3.05, 3.63) is 53.5 Å². The van der Waals surface area contributed by atoms with Crippen molar-refractivity contribution >= 4 is 29.3 Å². The summed E-state index contributed by atoms with van der Waals surface area (Å²) in [7, 11) is 1.32. The third-order valence-electron chi connectivity index (χ3n) is 5.79. The minimum Gasteiger partial charge on any atom is -0.480 e. The number of hydrogen-bond donors (Lipinski definition) is 2. The zero-order valence-electron chi connectivity index (χ0n) is 19.9. The van der Waals surface area contributed by atoms with E-state index in [1.807, 2.05) is 0 Å². The van der Waals surface area contributed by atoms with Crippen LogP contribution in [-0.4, -0.2) is 64.7 Å². The smallest absolute Gasteiger partial charge is 0.313 e. The van der Waals surface area contributed by atoms with Crippen LogP contribution in [-0.2, 0) is 14.4 Å². The average molecular weight is 486 g/mol. The van der Waals surface area contributed by atoms with Gasteiger partial charge in [0.2, 0.25) is 11.8 Å². The van der Waals surface area contributed by atoms with Gasteiger partial charge in [0.05, 0.1) is 25.0 Å². The minimum atomic E-state index is -0.963. The van der Waals surface area contributed by atoms with Gasteiger partial charge >= 0.3 is 11.8 Å². The van der Waals surface area contributed by atoms with Crippen molar-refractivity contribution in [1.29, 1.82) is 0 Å². The summed E-state index contributed by atoms with van der Waals surface area (Å²) in [6, 6.07) is 5.83. The van der Waals surface area contributed by atoms with Gasteiger partial charge in [-0.15, -0.1) is 0 Å². The van der Waals surface area contributed by atoms with Crippen LogP contribution in [0, 0.1) is 11.7 Å². The Balaban J connectivity index is 1.88. The molecule has 11 heteroatoms. The summed E-state index contributed by atoms with van der Waals surface area (Å²) in [6.45, 7) is 5.62. The van der Waals surface area contributed by atoms with Gasteiger partial charge in [0.15, 0.2) is 0 Å². The Bertz CT molecular complexity index is 1140. The number of methoxy groups -OCH3 is 1. The maximum absolute atomic E-state index is 13.5. The fourth-order valence-electron chi connectivity index (χ4n) is 3.98. The van der Waals surface area contributed by atoms with Gasteiger partial charge in [0.25, 0.3) is 5.91 Å². The SMILES string of the molecule is COc1ncc(NC(=O)C(=O)N2C[C@H](C)N(C(=O)C(C)C)C[C@H]2c2ccc(F)cc2)cc1C(N)=O. The number of benzene rings is 1. The lowest BCUT2D eigenvalue weighted by molar-refractivity contribution is -0.152. The molecule has 10 nitrogen and oxygen atoms in total. The Morgan fingerprint density at radius 3 is 2.37 bits per heavy atom. The Hall–Kier alpha value is -4.02. The summed E-state index contributed by atoms with van der Waals surface area (Å²) < 4.78 is 18.5. The molecule has 0 spiro atoms. The van der Waals surface area contributed by atoms with Crippen LogP contribution in [0.15, 0.2) is 36.5 Å². The quantitative estimate of drug-likeness (QED) is 0.620. The molecule has 1 saturated heterocycles. The number of carbonyl (C=O) groups excluding carboxylic acids is 4. The zero-order chi connectivity index (χ0) is 25.9. The van der Waals surface area contributed by atoms with E-state index in [-0.39, 0.29) is 48.1 Å². The van der Waals surface area contributed by atoms with Gasteiger partial charge in [-0.3, -0.25) is 19.2 Å². The molecule has 3 N–H and O–H groups in total. The lowest BCUT2D eigenvalue weighted by Gasteiger charge is -2.45. The van der Waals surface area contributed by atoms with Crippen molar-refractivity contribution < 1.29 is 28.3 Å². The van der Waals surface area contributed by atoms with Crippen LogP contribution in [0.5, 0.6) is 5.88 Å². The van der Waals surface area contributed by atoms with E-state index in [1.54, 1.807) is 25.7 Å². The van der Waals surface area contributed by atoms with Gasteiger partial charge in [0, 0.05) is 25.0 Å². The number of halogens is 1. The largest absolute Gasteiger partial charge is 0.480 e. The molecular formula is C24H28FN5O5. The van der Waals surface area contributed by atoms with Gasteiger partial charge in [-0.2, -0.15) is 0 Å². The molecule has 2 heterocycles. The number of nitrogens with zero attached hydrogens (tertiary/aromatic N) is 3. The number of carbonyl (C=O) groups is 4. The highest BCUT2D eigenvalue weighted by Crippen LogP contribution is 2.30. The normalized spacial score (nSPS) is 17.8. The highest BCUT2D eigenvalue weighted by Gasteiger charge is 2.40. The first kappa shape index (κ1) is 25.6. The van der Waals surface area contributed by atoms with Gasteiger partial charge in [-0.25, -0.2) is 9.37 Å². The lowest BCUT2D eigenvalue weighted by Crippen LogP contribution is -2.59. The molecule has 4 amide bonds. The number of pyridine rings is 1. The molecule has 0 aliphatic carbocycles. The van der Waals surface area contributed by atoms with Gasteiger partial charge in [-0.1, -0.05) is 26.0 Å². The fraction of sp³-hybridized carbons (Fsp3) is 0.375. The molecule has 0 bridgehead atoms. The Kier molecular flexibility index (Phi) is 7.68. The van der Waals surface area contributed by atoms with Crippen LogP contribution in [0.1, 0.15) is 42.7 Å². The molecule has 3 rings (SSSR count). The molecule has 2 aromatic rings. The number of anilines is 1. The summed E-state index contributed by atoms with van der Waals surface area (Å²) in [4.78, 5) is 57.5. The molecule has 0 saturated carbocycles. The first-order valence-corrected chi connectivity index (χ1v) is 11.0. The number of nitrogens with two attached hydrogens (primary N) is 1. The Morgan fingerprint density at radius 1 is 1.14 bits per heavy atom. The third kappa shape index (κ3) is 5.56. The molecule has 1 aromatic heterocycles. The van der Waals surface area contributed by atoms with Crippen LogP contribution in [0.2, 0.25) is 0 Å². The van der Waals surface area contributed by atoms with Crippen molar-refractivity contribution in [1.82, 2.24) is 14.8 Å². The van der Waals surface area contributed by atoms with Crippen molar-refractivity contribution in [2.45, 2.75) is 32.9 Å². The number of ether oxygens (including phenoxy) is 1. The predicted octanol–water partition coefficient (Wildman–Crippen LogP) is 1.72. The Morgan fingerprint density at radius 2 is 1.80 bits per heavy atom. The predicted molar refractivity (Wildman–Crippen MR) is 125 cm³/mol. The summed E-state index contributed by atoms with van der Waals surface area (Å²) in [6.07, 6.45) is 1.23. The number of rotatable bonds is 5. The number of primary amides is 1. The molecule has 0 radical (unpaired) electrons. The second kappa shape index (κ2) is 10.5. The topological polar surface area (TPSA) is 135 Å². The second-order valence-corrected chi connectivity index (χ2v) is 8.62. The number of nitrogens with one attached hydrogen (secondary N) is 1. The second-order valence-electron chi connectivity index (χ2n) is 8.62. The van der Waals surface area contributed by atoms with E-state index in [1.165, 1.54) is 48.5 Å². The van der Waals surface area contributed by atoms with Gasteiger partial charge in [0.1, 0.15) is 11.4 Å². The molecule has 1 fully saturated rings. The van der Waals surface area contributed by atoms with E-state index in [0.29, 0.717) is 5.56 Å². The highest BCUT2D eigenvalue weighted by molar-refractivity contribution is 6.39. The number of hydrogen-bond acceptors (Lipinski definition) is 6. The average Bonchev–Trinajstić information content (AvgIpc) is 2.83. The van der Waals surface area contributed by atoms with Crippen LogP contribution >= 0.6 is 0 Å². The lowest BCUT2D eigenvalue weighted by atomic mass is 9.98. The van der Waals surface area contributed by atoms with E-state index < -0.39 is 29.6 Å². The standard InChI is InChI=1S/C24H28FN5O5/c1-13(2)23(33)29-12-19(15-5-7-16(25)8-6-15)30(11-14(29)3)24(34)21(32)28-17-9-18(20(26)31)22(35-4)27-10-17/h5-10,13-14,19H,11-12H2,1-4H3,(H2,26,31)(H,28,32)/t14-,19-/m0/s1. The molecule has 1 aliphatic heterocycles. The summed E-state index contributed by atoms with van der Waals surface area (Å²) in [5.74, 6) is -3.41. The van der Waals surface area contributed by atoms with Crippen LogP contribution in [0.25, 0.3) is 0 Å². The maximum atomic E-state index is 13.5. The van der Waals surface area contributed by atoms with Crippen LogP contribution < -0.4 is 15.8 Å². The molecule has 35 heavy (non-hydrogen) atoms. The Labute approximate surface area is 202 Å². The highest BCUT2D eigenvalue weighted by atomic mass is 19.1. The first-order chi connectivity index (χ1) is 16.5. The van der Waals surface area contributed by atoms with Crippen molar-refractivity contribution in [2.75, 3.05) is 25.5 Å². The number of piperazine rings is 1. The number of amides is 4. The molecule has 0 unspecified atom stereocenters. The van der Waals surface area contributed by atoms with Crippen LogP contribution in [0.3, 0.4) is 0 Å². The van der Waals surface area contributed by atoms with Gasteiger partial charge < -0.3 is 25.6 Å². The van der Waals surface area contributed by atoms with E-state index in [4.69, 9.17) is 10.5 Å². The van der Waals surface area contributed by atoms with E-state index >= 15 is 0 Å². The molecule has 2 atom stereocenters. The molecule has 186 valence electrons. The van der Waals surface area contributed by atoms with Crippen LogP contribution in [0.4, 0.5) is 10.1 Å². The van der Waals surface area contributed by atoms with E-state index in [2.05, 4.69) is 10.3 Å². The first-order valence-electron chi connectivity index (χ1n) is 11.0. The molecular weight excluding hydrogens is 457 g/mol. The third-order valence-corrected chi connectivity index (χ3v) is 5.79. The monoisotopic (exact) mass is 485 g/mol. The summed E-state index contributed by atoms with van der Waals surface area (Å²) in [5.41, 5.74) is 5.94. The minimum absolute atomic E-state index is 0.0158. The maximum Gasteiger partial charge on any atom is 0.313 e. The van der Waals surface area contributed by atoms with Crippen molar-refractivity contribution in [2.24, 2.45) is 11.7 Å². The van der Waals surface area contributed by atoms with Crippen molar-refractivity contribution in [3.63, 3.8) is 0 Å². The van der Waals surface area contributed by atoms with E-state index in [0.717, 1.165) is 0 Å². The molecule has 1 aromatic carbocycles.